The summed E-state index contributed by atoms with van der Waals surface area (Å²) in [6.07, 6.45) is -4.40. The molecule has 0 aliphatic heterocycles. The summed E-state index contributed by atoms with van der Waals surface area (Å²) in [6.45, 7) is 1.59. The van der Waals surface area contributed by atoms with E-state index in [1.807, 2.05) is 0 Å². The molecule has 2 rings (SSSR count). The van der Waals surface area contributed by atoms with Gasteiger partial charge in [0.05, 0.1) is 18.4 Å². The van der Waals surface area contributed by atoms with Crippen LogP contribution in [0.5, 0.6) is 5.75 Å². The molecule has 0 spiro atoms. The first-order valence-electron chi connectivity index (χ1n) is 7.22. The molecule has 0 aliphatic rings. The highest BCUT2D eigenvalue weighted by atomic mass is 32.1. The Morgan fingerprint density at radius 1 is 1.12 bits per heavy atom. The summed E-state index contributed by atoms with van der Waals surface area (Å²) in [5.74, 6) is 0.663. The number of nitrogens with zero attached hydrogens (tertiary/aromatic N) is 1. The first-order valence-corrected chi connectivity index (χ1v) is 7.63. The molecule has 0 fully saturated rings. The number of alkyl halides is 3. The Kier molecular flexibility index (Phi) is 5.97. The van der Waals surface area contributed by atoms with Crippen molar-refractivity contribution in [3.63, 3.8) is 0 Å². The molecule has 0 saturated heterocycles. The monoisotopic (exact) mass is 367 g/mol. The van der Waals surface area contributed by atoms with Crippen molar-refractivity contribution in [3.8, 4) is 5.75 Å². The largest absolute Gasteiger partial charge is 0.497 e. The minimum absolute atomic E-state index is 0.208. The molecule has 0 radical (unpaired) electrons. The number of hydrazone groups is 1. The SMILES string of the molecule is COc1cccc(NC(=S)NN=C(C)c2cccc(C(F)(F)F)c2)c1. The number of thiocarbonyl (C=S) groups is 1. The Morgan fingerprint density at radius 3 is 2.52 bits per heavy atom. The maximum Gasteiger partial charge on any atom is 0.416 e. The lowest BCUT2D eigenvalue weighted by molar-refractivity contribution is -0.137. The molecule has 2 aromatic carbocycles. The van der Waals surface area contributed by atoms with Crippen molar-refractivity contribution in [2.75, 3.05) is 12.4 Å². The zero-order chi connectivity index (χ0) is 18.4. The Balaban J connectivity index is 2.04. The third-order valence-corrected chi connectivity index (χ3v) is 3.45. The second-order valence-electron chi connectivity index (χ2n) is 5.07. The van der Waals surface area contributed by atoms with Crippen LogP contribution in [0.1, 0.15) is 18.1 Å². The topological polar surface area (TPSA) is 45.6 Å². The first kappa shape index (κ1) is 18.7. The summed E-state index contributed by atoms with van der Waals surface area (Å²) < 4.78 is 43.4. The van der Waals surface area contributed by atoms with Crippen LogP contribution in [0.3, 0.4) is 0 Å². The third kappa shape index (κ3) is 5.46. The van der Waals surface area contributed by atoms with E-state index in [-0.39, 0.29) is 5.11 Å². The van der Waals surface area contributed by atoms with E-state index in [1.165, 1.54) is 6.07 Å². The molecule has 0 bridgehead atoms. The molecule has 0 aliphatic carbocycles. The highest BCUT2D eigenvalue weighted by Crippen LogP contribution is 2.29. The van der Waals surface area contributed by atoms with Gasteiger partial charge in [0.1, 0.15) is 5.75 Å². The van der Waals surface area contributed by atoms with Gasteiger partial charge in [-0.1, -0.05) is 18.2 Å². The van der Waals surface area contributed by atoms with Crippen LogP contribution in [0.15, 0.2) is 53.6 Å². The van der Waals surface area contributed by atoms with Crippen LogP contribution < -0.4 is 15.5 Å². The number of methoxy groups -OCH3 is 1. The molecular weight excluding hydrogens is 351 g/mol. The van der Waals surface area contributed by atoms with Gasteiger partial charge in [-0.15, -0.1) is 0 Å². The average Bonchev–Trinajstić information content (AvgIpc) is 2.59. The molecule has 4 nitrogen and oxygen atoms in total. The smallest absolute Gasteiger partial charge is 0.416 e. The van der Waals surface area contributed by atoms with Gasteiger partial charge in [-0.25, -0.2) is 0 Å². The van der Waals surface area contributed by atoms with Gasteiger partial charge in [0.15, 0.2) is 5.11 Å². The van der Waals surface area contributed by atoms with Crippen LogP contribution in [0.4, 0.5) is 18.9 Å². The van der Waals surface area contributed by atoms with Gasteiger partial charge in [-0.3, -0.25) is 5.43 Å². The maximum absolute atomic E-state index is 12.8. The van der Waals surface area contributed by atoms with Crippen LogP contribution in [-0.4, -0.2) is 17.9 Å². The number of hydrogen-bond donors (Lipinski definition) is 2. The number of ether oxygens (including phenoxy) is 1. The van der Waals surface area contributed by atoms with Gasteiger partial charge >= 0.3 is 6.18 Å². The summed E-state index contributed by atoms with van der Waals surface area (Å²) in [5, 5.41) is 7.14. The Hall–Kier alpha value is -2.61. The van der Waals surface area contributed by atoms with Crippen LogP contribution in [0.2, 0.25) is 0 Å². The minimum atomic E-state index is -4.40. The van der Waals surface area contributed by atoms with Crippen LogP contribution in [-0.2, 0) is 6.18 Å². The third-order valence-electron chi connectivity index (χ3n) is 3.26. The molecular formula is C17H16F3N3OS. The van der Waals surface area contributed by atoms with Gasteiger partial charge in [0.2, 0.25) is 0 Å². The van der Waals surface area contributed by atoms with Crippen molar-refractivity contribution in [1.82, 2.24) is 5.43 Å². The fourth-order valence-corrected chi connectivity index (χ4v) is 2.14. The van der Waals surface area contributed by atoms with Crippen molar-refractivity contribution in [3.05, 3.63) is 59.7 Å². The molecule has 0 heterocycles. The second-order valence-corrected chi connectivity index (χ2v) is 5.48. The zero-order valence-electron chi connectivity index (χ0n) is 13.5. The molecule has 0 saturated carbocycles. The Labute approximate surface area is 148 Å². The number of benzene rings is 2. The number of halogens is 3. The molecule has 132 valence electrons. The fraction of sp³-hybridized carbons (Fsp3) is 0.176. The highest BCUT2D eigenvalue weighted by Gasteiger charge is 2.30. The quantitative estimate of drug-likeness (QED) is 0.477. The lowest BCUT2D eigenvalue weighted by atomic mass is 10.1. The fourth-order valence-electron chi connectivity index (χ4n) is 1.98. The number of rotatable bonds is 4. The van der Waals surface area contributed by atoms with Crippen molar-refractivity contribution in [2.24, 2.45) is 5.10 Å². The van der Waals surface area contributed by atoms with E-state index in [4.69, 9.17) is 17.0 Å². The molecule has 0 aromatic heterocycles. The molecule has 25 heavy (non-hydrogen) atoms. The predicted molar refractivity (Wildman–Crippen MR) is 96.0 cm³/mol. The van der Waals surface area contributed by atoms with Gasteiger partial charge in [0, 0.05) is 11.8 Å². The molecule has 0 unspecified atom stereocenters. The van der Waals surface area contributed by atoms with E-state index in [2.05, 4.69) is 15.8 Å². The number of anilines is 1. The standard InChI is InChI=1S/C17H16F3N3OS/c1-11(12-5-3-6-13(9-12)17(18,19)20)22-23-16(25)21-14-7-4-8-15(10-14)24-2/h3-10H,1-2H3,(H2,21,23,25). The van der Waals surface area contributed by atoms with Gasteiger partial charge in [-0.2, -0.15) is 18.3 Å². The lowest BCUT2D eigenvalue weighted by Gasteiger charge is -2.10. The van der Waals surface area contributed by atoms with Gasteiger partial charge in [-0.05, 0) is 49.0 Å². The molecule has 0 atom stereocenters. The van der Waals surface area contributed by atoms with Gasteiger partial charge in [0.25, 0.3) is 0 Å². The Bertz CT molecular complexity index is 791. The lowest BCUT2D eigenvalue weighted by Crippen LogP contribution is -2.25. The van der Waals surface area contributed by atoms with Crippen molar-refractivity contribution < 1.29 is 17.9 Å². The van der Waals surface area contributed by atoms with Crippen LogP contribution in [0.25, 0.3) is 0 Å². The Morgan fingerprint density at radius 2 is 1.84 bits per heavy atom. The van der Waals surface area contributed by atoms with E-state index >= 15 is 0 Å². The average molecular weight is 367 g/mol. The normalized spacial score (nSPS) is 11.8. The summed E-state index contributed by atoms with van der Waals surface area (Å²) in [6, 6.07) is 12.1. The molecule has 2 N–H and O–H groups in total. The van der Waals surface area contributed by atoms with E-state index in [0.29, 0.717) is 22.7 Å². The summed E-state index contributed by atoms with van der Waals surface area (Å²) in [5.41, 5.74) is 3.31. The summed E-state index contributed by atoms with van der Waals surface area (Å²) >= 11 is 5.12. The highest BCUT2D eigenvalue weighted by molar-refractivity contribution is 7.80. The molecule has 8 heteroatoms. The second kappa shape index (κ2) is 7.98. The zero-order valence-corrected chi connectivity index (χ0v) is 14.3. The summed E-state index contributed by atoms with van der Waals surface area (Å²) in [4.78, 5) is 0. The number of nitrogens with one attached hydrogen (secondary N) is 2. The van der Waals surface area contributed by atoms with Crippen LogP contribution in [0, 0.1) is 0 Å². The predicted octanol–water partition coefficient (Wildman–Crippen LogP) is 4.42. The maximum atomic E-state index is 12.8. The van der Waals surface area contributed by atoms with E-state index < -0.39 is 11.7 Å². The van der Waals surface area contributed by atoms with E-state index in [0.717, 1.165) is 12.1 Å². The van der Waals surface area contributed by atoms with Gasteiger partial charge < -0.3 is 10.1 Å². The van der Waals surface area contributed by atoms with E-state index in [9.17, 15) is 13.2 Å². The summed E-state index contributed by atoms with van der Waals surface area (Å²) in [7, 11) is 1.55. The number of hydrogen-bond acceptors (Lipinski definition) is 3. The van der Waals surface area contributed by atoms with Crippen molar-refractivity contribution in [2.45, 2.75) is 13.1 Å². The minimum Gasteiger partial charge on any atom is -0.497 e. The van der Waals surface area contributed by atoms with Crippen LogP contribution >= 0.6 is 12.2 Å². The molecule has 2 aromatic rings. The van der Waals surface area contributed by atoms with Crippen molar-refractivity contribution >= 4 is 28.7 Å². The molecule has 0 amide bonds. The van der Waals surface area contributed by atoms with Crippen molar-refractivity contribution in [1.29, 1.82) is 0 Å². The first-order chi connectivity index (χ1) is 11.8. The van der Waals surface area contributed by atoms with E-state index in [1.54, 1.807) is 44.4 Å².